The van der Waals surface area contributed by atoms with E-state index in [1.807, 2.05) is 0 Å². The fraction of sp³-hybridized carbons (Fsp3) is 0.714. The summed E-state index contributed by atoms with van der Waals surface area (Å²) in [7, 11) is 0. The third-order valence-electron chi connectivity index (χ3n) is 1.99. The lowest BCUT2D eigenvalue weighted by molar-refractivity contribution is -0.153. The first kappa shape index (κ1) is 9.38. The zero-order valence-corrected chi connectivity index (χ0v) is 7.21. The van der Waals surface area contributed by atoms with E-state index in [9.17, 15) is 9.59 Å². The first-order valence-corrected chi connectivity index (χ1v) is 4.81. The molecule has 0 aliphatic carbocycles. The predicted molar refractivity (Wildman–Crippen MR) is 44.2 cm³/mol. The molecule has 0 bridgehead atoms. The third-order valence-corrected chi connectivity index (χ3v) is 3.11. The molecule has 0 spiro atoms. The predicted octanol–water partition coefficient (Wildman–Crippen LogP) is 0.525. The molecule has 1 aliphatic heterocycles. The van der Waals surface area contributed by atoms with Crippen molar-refractivity contribution in [3.63, 3.8) is 0 Å². The number of hydrogen-bond donors (Lipinski definition) is 2. The molecular formula is C7H10O4S. The smallest absolute Gasteiger partial charge is 0.308 e. The van der Waals surface area contributed by atoms with Crippen LogP contribution in [0.2, 0.25) is 0 Å². The van der Waals surface area contributed by atoms with E-state index in [0.717, 1.165) is 5.75 Å². The Hall–Kier alpha value is -0.710. The maximum Gasteiger partial charge on any atom is 0.308 e. The lowest BCUT2D eigenvalue weighted by atomic mass is 9.91. The summed E-state index contributed by atoms with van der Waals surface area (Å²) in [6, 6.07) is 0. The average Bonchev–Trinajstić information content (AvgIpc) is 2.04. The minimum absolute atomic E-state index is 0.423. The fourth-order valence-electron chi connectivity index (χ4n) is 1.28. The van der Waals surface area contributed by atoms with Gasteiger partial charge in [0.15, 0.2) is 0 Å². The van der Waals surface area contributed by atoms with Crippen molar-refractivity contribution >= 4 is 23.7 Å². The lowest BCUT2D eigenvalue weighted by Crippen LogP contribution is -2.34. The molecule has 0 aromatic carbocycles. The van der Waals surface area contributed by atoms with Gasteiger partial charge in [0, 0.05) is 5.75 Å². The minimum atomic E-state index is -0.991. The molecule has 1 saturated heterocycles. The van der Waals surface area contributed by atoms with Crippen LogP contribution in [-0.2, 0) is 9.59 Å². The molecule has 0 radical (unpaired) electrons. The van der Waals surface area contributed by atoms with Crippen molar-refractivity contribution in [3.05, 3.63) is 0 Å². The van der Waals surface area contributed by atoms with Crippen LogP contribution in [0.15, 0.2) is 0 Å². The molecule has 1 rings (SSSR count). The minimum Gasteiger partial charge on any atom is -0.481 e. The van der Waals surface area contributed by atoms with Crippen molar-refractivity contribution in [2.75, 3.05) is 11.5 Å². The molecule has 0 amide bonds. The van der Waals surface area contributed by atoms with E-state index in [2.05, 4.69) is 0 Å². The maximum absolute atomic E-state index is 10.6. The Morgan fingerprint density at radius 3 is 2.17 bits per heavy atom. The second-order valence-corrected chi connectivity index (χ2v) is 3.90. The second kappa shape index (κ2) is 3.80. The van der Waals surface area contributed by atoms with Crippen molar-refractivity contribution in [1.29, 1.82) is 0 Å². The summed E-state index contributed by atoms with van der Waals surface area (Å²) in [5.74, 6) is -2.20. The second-order valence-electron chi connectivity index (χ2n) is 2.75. The first-order valence-electron chi connectivity index (χ1n) is 3.66. The van der Waals surface area contributed by atoms with Gasteiger partial charge in [-0.2, -0.15) is 11.8 Å². The number of carbonyl (C=O) groups is 2. The zero-order chi connectivity index (χ0) is 9.14. The van der Waals surface area contributed by atoms with E-state index < -0.39 is 23.8 Å². The topological polar surface area (TPSA) is 74.6 Å². The molecule has 0 saturated carbocycles. The van der Waals surface area contributed by atoms with E-state index in [1.165, 1.54) is 11.8 Å². The van der Waals surface area contributed by atoms with Crippen molar-refractivity contribution < 1.29 is 19.8 Å². The third kappa shape index (κ3) is 1.91. The van der Waals surface area contributed by atoms with Crippen molar-refractivity contribution in [3.8, 4) is 0 Å². The summed E-state index contributed by atoms with van der Waals surface area (Å²) in [4.78, 5) is 21.2. The van der Waals surface area contributed by atoms with Crippen LogP contribution in [0.3, 0.4) is 0 Å². The maximum atomic E-state index is 10.6. The van der Waals surface area contributed by atoms with Crippen LogP contribution < -0.4 is 0 Å². The van der Waals surface area contributed by atoms with Gasteiger partial charge in [0.1, 0.15) is 0 Å². The van der Waals surface area contributed by atoms with E-state index >= 15 is 0 Å². The SMILES string of the molecule is O=C(O)[C@H]1CCSC[C@@H]1C(=O)O. The molecule has 5 heteroatoms. The average molecular weight is 190 g/mol. The fourth-order valence-corrected chi connectivity index (χ4v) is 2.49. The Kier molecular flexibility index (Phi) is 2.97. The van der Waals surface area contributed by atoms with Gasteiger partial charge in [0.25, 0.3) is 0 Å². The van der Waals surface area contributed by atoms with Gasteiger partial charge in [-0.15, -0.1) is 0 Å². The highest BCUT2D eigenvalue weighted by Crippen LogP contribution is 2.28. The van der Waals surface area contributed by atoms with Gasteiger partial charge in [-0.1, -0.05) is 0 Å². The van der Waals surface area contributed by atoms with Crippen LogP contribution in [0.25, 0.3) is 0 Å². The van der Waals surface area contributed by atoms with Gasteiger partial charge in [-0.25, -0.2) is 0 Å². The van der Waals surface area contributed by atoms with Crippen LogP contribution in [0.4, 0.5) is 0 Å². The van der Waals surface area contributed by atoms with Gasteiger partial charge in [0.2, 0.25) is 0 Å². The van der Waals surface area contributed by atoms with Gasteiger partial charge >= 0.3 is 11.9 Å². The Bertz CT molecular complexity index is 182. The summed E-state index contributed by atoms with van der Waals surface area (Å²) in [5, 5.41) is 17.4. The van der Waals surface area contributed by atoms with E-state index in [-0.39, 0.29) is 0 Å². The van der Waals surface area contributed by atoms with Crippen LogP contribution in [0.1, 0.15) is 6.42 Å². The zero-order valence-electron chi connectivity index (χ0n) is 6.40. The molecule has 1 fully saturated rings. The number of carboxylic acid groups (broad SMARTS) is 2. The van der Waals surface area contributed by atoms with E-state index in [0.29, 0.717) is 12.2 Å². The number of aliphatic carboxylic acids is 2. The van der Waals surface area contributed by atoms with Crippen LogP contribution >= 0.6 is 11.8 Å². The van der Waals surface area contributed by atoms with E-state index in [4.69, 9.17) is 10.2 Å². The highest BCUT2D eigenvalue weighted by atomic mass is 32.2. The van der Waals surface area contributed by atoms with Crippen molar-refractivity contribution in [2.45, 2.75) is 6.42 Å². The number of rotatable bonds is 2. The molecule has 2 atom stereocenters. The molecule has 1 heterocycles. The van der Waals surface area contributed by atoms with Crippen LogP contribution in [0.5, 0.6) is 0 Å². The number of carboxylic acids is 2. The van der Waals surface area contributed by atoms with Gasteiger partial charge in [-0.3, -0.25) is 9.59 Å². The highest BCUT2D eigenvalue weighted by molar-refractivity contribution is 7.99. The standard InChI is InChI=1S/C7H10O4S/c8-6(9)4-1-2-12-3-5(4)7(10)11/h4-5H,1-3H2,(H,8,9)(H,10,11)/t4-,5-/m0/s1. The van der Waals surface area contributed by atoms with Gasteiger partial charge in [0.05, 0.1) is 11.8 Å². The molecule has 0 aromatic heterocycles. The largest absolute Gasteiger partial charge is 0.481 e. The Morgan fingerprint density at radius 2 is 1.75 bits per heavy atom. The Balaban J connectivity index is 2.67. The quantitative estimate of drug-likeness (QED) is 0.664. The molecule has 12 heavy (non-hydrogen) atoms. The molecular weight excluding hydrogens is 180 g/mol. The van der Waals surface area contributed by atoms with Crippen molar-refractivity contribution in [2.24, 2.45) is 11.8 Å². The van der Waals surface area contributed by atoms with Crippen LogP contribution in [0, 0.1) is 11.8 Å². The monoisotopic (exact) mass is 190 g/mol. The summed E-state index contributed by atoms with van der Waals surface area (Å²) < 4.78 is 0. The molecule has 0 unspecified atom stereocenters. The molecule has 0 aromatic rings. The normalized spacial score (nSPS) is 29.7. The Morgan fingerprint density at radius 1 is 1.17 bits per heavy atom. The molecule has 4 nitrogen and oxygen atoms in total. The summed E-state index contributed by atoms with van der Waals surface area (Å²) in [6.07, 6.45) is 0.469. The number of thioether (sulfide) groups is 1. The molecule has 2 N–H and O–H groups in total. The Labute approximate surface area is 74.0 Å². The molecule has 1 aliphatic rings. The van der Waals surface area contributed by atoms with Crippen LogP contribution in [-0.4, -0.2) is 33.7 Å². The van der Waals surface area contributed by atoms with Gasteiger partial charge in [-0.05, 0) is 12.2 Å². The first-order chi connectivity index (χ1) is 5.63. The highest BCUT2D eigenvalue weighted by Gasteiger charge is 2.35. The number of hydrogen-bond acceptors (Lipinski definition) is 3. The summed E-state index contributed by atoms with van der Waals surface area (Å²) >= 11 is 1.51. The summed E-state index contributed by atoms with van der Waals surface area (Å²) in [5.41, 5.74) is 0. The molecule has 68 valence electrons. The van der Waals surface area contributed by atoms with E-state index in [1.54, 1.807) is 0 Å². The van der Waals surface area contributed by atoms with Crippen molar-refractivity contribution in [1.82, 2.24) is 0 Å². The van der Waals surface area contributed by atoms with Gasteiger partial charge < -0.3 is 10.2 Å². The lowest BCUT2D eigenvalue weighted by Gasteiger charge is -2.24. The summed E-state index contributed by atoms with van der Waals surface area (Å²) in [6.45, 7) is 0.